The molecule has 3 heterocycles. The molecule has 4 nitrogen and oxygen atoms in total. The molecule has 0 atom stereocenters. The molecule has 0 radical (unpaired) electrons. The highest BCUT2D eigenvalue weighted by Gasteiger charge is 2.20. The van der Waals surface area contributed by atoms with Crippen LogP contribution in [0.1, 0.15) is 34.0 Å². The Morgan fingerprint density at radius 3 is 3.05 bits per heavy atom. The summed E-state index contributed by atoms with van der Waals surface area (Å²) in [5, 5.41) is 7.14. The standard InChI is InChI=1S/C16H15N3OS2/c1-10-18-15-14(12-6-2-3-7-13(12)22-15)16(20)19(10)17-9-11-5-4-8-21-11/h4-5,8-9H,2-3,6-7H2,1H3/b17-9-. The number of fused-ring (bicyclic) bond motifs is 3. The Bertz CT molecular complexity index is 919. The minimum absolute atomic E-state index is 0.0327. The lowest BCUT2D eigenvalue weighted by Crippen LogP contribution is -2.21. The van der Waals surface area contributed by atoms with E-state index in [0.29, 0.717) is 5.82 Å². The molecule has 1 aliphatic carbocycles. The number of nitrogens with zero attached hydrogens (tertiary/aromatic N) is 3. The molecule has 6 heteroatoms. The molecule has 0 unspecified atom stereocenters. The van der Waals surface area contributed by atoms with Gasteiger partial charge in [-0.05, 0) is 49.6 Å². The minimum Gasteiger partial charge on any atom is -0.267 e. The molecule has 1 aliphatic rings. The molecule has 0 fully saturated rings. The molecule has 0 aliphatic heterocycles. The van der Waals surface area contributed by atoms with Crippen LogP contribution >= 0.6 is 22.7 Å². The summed E-state index contributed by atoms with van der Waals surface area (Å²) in [6.45, 7) is 1.84. The Labute approximate surface area is 135 Å². The van der Waals surface area contributed by atoms with Crippen LogP contribution in [0.25, 0.3) is 10.2 Å². The summed E-state index contributed by atoms with van der Waals surface area (Å²) in [6, 6.07) is 3.95. The average molecular weight is 329 g/mol. The highest BCUT2D eigenvalue weighted by atomic mass is 32.1. The molecule has 0 bridgehead atoms. The van der Waals surface area contributed by atoms with Crippen LogP contribution in [-0.2, 0) is 12.8 Å². The van der Waals surface area contributed by atoms with E-state index >= 15 is 0 Å². The molecule has 4 rings (SSSR count). The fraction of sp³-hybridized carbons (Fsp3) is 0.312. The van der Waals surface area contributed by atoms with Crippen LogP contribution in [0.15, 0.2) is 27.4 Å². The molecule has 0 saturated carbocycles. The summed E-state index contributed by atoms with van der Waals surface area (Å²) >= 11 is 3.28. The third-order valence-corrected chi connectivity index (χ3v) is 5.97. The highest BCUT2D eigenvalue weighted by Crippen LogP contribution is 2.33. The minimum atomic E-state index is -0.0327. The summed E-state index contributed by atoms with van der Waals surface area (Å²) < 4.78 is 1.43. The van der Waals surface area contributed by atoms with Crippen molar-refractivity contribution in [3.63, 3.8) is 0 Å². The third-order valence-electron chi connectivity index (χ3n) is 3.97. The summed E-state index contributed by atoms with van der Waals surface area (Å²) in [6.07, 6.45) is 6.16. The van der Waals surface area contributed by atoms with Crippen molar-refractivity contribution < 1.29 is 0 Å². The van der Waals surface area contributed by atoms with Crippen molar-refractivity contribution in [3.05, 3.63) is 49.0 Å². The molecule has 0 amide bonds. The molecule has 22 heavy (non-hydrogen) atoms. The van der Waals surface area contributed by atoms with Gasteiger partial charge in [-0.15, -0.1) is 22.7 Å². The van der Waals surface area contributed by atoms with Crippen LogP contribution in [0, 0.1) is 6.92 Å². The quantitative estimate of drug-likeness (QED) is 0.675. The number of hydrogen-bond donors (Lipinski definition) is 0. The Hall–Kier alpha value is -1.79. The number of rotatable bonds is 2. The van der Waals surface area contributed by atoms with E-state index in [2.05, 4.69) is 10.1 Å². The van der Waals surface area contributed by atoms with Gasteiger partial charge in [0.15, 0.2) is 0 Å². The topological polar surface area (TPSA) is 47.2 Å². The molecule has 3 aromatic rings. The Kier molecular flexibility index (Phi) is 3.43. The van der Waals surface area contributed by atoms with Crippen molar-refractivity contribution in [1.29, 1.82) is 0 Å². The lowest BCUT2D eigenvalue weighted by Gasteiger charge is -2.10. The third kappa shape index (κ3) is 2.23. The fourth-order valence-electron chi connectivity index (χ4n) is 2.91. The van der Waals surface area contributed by atoms with Crippen LogP contribution in [0.5, 0.6) is 0 Å². The van der Waals surface area contributed by atoms with Gasteiger partial charge < -0.3 is 0 Å². The maximum atomic E-state index is 12.9. The van der Waals surface area contributed by atoms with Gasteiger partial charge in [0, 0.05) is 9.75 Å². The summed E-state index contributed by atoms with van der Waals surface area (Å²) in [4.78, 5) is 20.7. The highest BCUT2D eigenvalue weighted by molar-refractivity contribution is 7.18. The van der Waals surface area contributed by atoms with Crippen molar-refractivity contribution in [3.8, 4) is 0 Å². The zero-order valence-electron chi connectivity index (χ0n) is 12.2. The predicted molar refractivity (Wildman–Crippen MR) is 92.6 cm³/mol. The monoisotopic (exact) mass is 329 g/mol. The van der Waals surface area contributed by atoms with E-state index in [-0.39, 0.29) is 5.56 Å². The fourth-order valence-corrected chi connectivity index (χ4v) is 4.79. The first-order valence-corrected chi connectivity index (χ1v) is 9.05. The maximum Gasteiger partial charge on any atom is 0.283 e. The molecule has 3 aromatic heterocycles. The number of hydrogen-bond acceptors (Lipinski definition) is 5. The second kappa shape index (κ2) is 5.44. The Morgan fingerprint density at radius 1 is 1.36 bits per heavy atom. The normalized spacial score (nSPS) is 14.8. The van der Waals surface area contributed by atoms with Crippen molar-refractivity contribution in [1.82, 2.24) is 9.66 Å². The van der Waals surface area contributed by atoms with Crippen LogP contribution in [0.3, 0.4) is 0 Å². The molecule has 112 valence electrons. The van der Waals surface area contributed by atoms with E-state index < -0.39 is 0 Å². The summed E-state index contributed by atoms with van der Waals surface area (Å²) in [5.74, 6) is 0.643. The van der Waals surface area contributed by atoms with Crippen molar-refractivity contribution >= 4 is 39.1 Å². The van der Waals surface area contributed by atoms with Gasteiger partial charge in [0.1, 0.15) is 10.7 Å². The lowest BCUT2D eigenvalue weighted by atomic mass is 9.97. The van der Waals surface area contributed by atoms with E-state index in [9.17, 15) is 4.79 Å². The van der Waals surface area contributed by atoms with Crippen molar-refractivity contribution in [2.45, 2.75) is 32.6 Å². The Morgan fingerprint density at radius 2 is 2.23 bits per heavy atom. The zero-order valence-corrected chi connectivity index (χ0v) is 13.8. The first kappa shape index (κ1) is 13.8. The average Bonchev–Trinajstić information content (AvgIpc) is 3.13. The SMILES string of the molecule is Cc1nc2sc3c(c2c(=O)n1/N=C\c1cccs1)CCCC3. The molecule has 0 N–H and O–H groups in total. The van der Waals surface area contributed by atoms with E-state index in [0.717, 1.165) is 34.4 Å². The molecule has 0 spiro atoms. The van der Waals surface area contributed by atoms with E-state index in [4.69, 9.17) is 0 Å². The number of aryl methyl sites for hydroxylation is 3. The van der Waals surface area contributed by atoms with Gasteiger partial charge in [-0.1, -0.05) is 6.07 Å². The largest absolute Gasteiger partial charge is 0.283 e. The van der Waals surface area contributed by atoms with Gasteiger partial charge in [0.2, 0.25) is 0 Å². The summed E-state index contributed by atoms with van der Waals surface area (Å²) in [7, 11) is 0. The zero-order chi connectivity index (χ0) is 15.1. The Balaban J connectivity index is 1.90. The second-order valence-electron chi connectivity index (χ2n) is 5.43. The second-order valence-corrected chi connectivity index (χ2v) is 7.49. The number of thiophene rings is 2. The predicted octanol–water partition coefficient (Wildman–Crippen LogP) is 3.59. The van der Waals surface area contributed by atoms with Gasteiger partial charge in [0.25, 0.3) is 5.56 Å². The van der Waals surface area contributed by atoms with E-state index in [1.54, 1.807) is 28.9 Å². The van der Waals surface area contributed by atoms with E-state index in [1.165, 1.54) is 21.5 Å². The molecule has 0 saturated heterocycles. The molecular formula is C16H15N3OS2. The maximum absolute atomic E-state index is 12.9. The van der Waals surface area contributed by atoms with Gasteiger partial charge in [-0.25, -0.2) is 4.98 Å². The van der Waals surface area contributed by atoms with E-state index in [1.807, 2.05) is 24.4 Å². The van der Waals surface area contributed by atoms with Crippen molar-refractivity contribution in [2.24, 2.45) is 5.10 Å². The lowest BCUT2D eigenvalue weighted by molar-refractivity contribution is 0.698. The van der Waals surface area contributed by atoms with Gasteiger partial charge in [-0.2, -0.15) is 9.78 Å². The van der Waals surface area contributed by atoms with Crippen LogP contribution in [0.4, 0.5) is 0 Å². The van der Waals surface area contributed by atoms with Crippen molar-refractivity contribution in [2.75, 3.05) is 0 Å². The van der Waals surface area contributed by atoms with Crippen LogP contribution in [-0.4, -0.2) is 15.9 Å². The first-order valence-electron chi connectivity index (χ1n) is 7.36. The molecular weight excluding hydrogens is 314 g/mol. The molecule has 0 aromatic carbocycles. The first-order chi connectivity index (χ1) is 10.7. The van der Waals surface area contributed by atoms with Gasteiger partial charge >= 0.3 is 0 Å². The van der Waals surface area contributed by atoms with Gasteiger partial charge in [0.05, 0.1) is 11.6 Å². The van der Waals surface area contributed by atoms with Gasteiger partial charge in [-0.3, -0.25) is 4.79 Å². The van der Waals surface area contributed by atoms with Crippen LogP contribution < -0.4 is 5.56 Å². The smallest absolute Gasteiger partial charge is 0.267 e. The summed E-state index contributed by atoms with van der Waals surface area (Å²) in [5.41, 5.74) is 1.18. The van der Waals surface area contributed by atoms with Crippen LogP contribution in [0.2, 0.25) is 0 Å². The number of aromatic nitrogens is 2.